The largest absolute Gasteiger partial charge is 0.392 e. The van der Waals surface area contributed by atoms with Gasteiger partial charge in [0.05, 0.1) is 11.0 Å². The van der Waals surface area contributed by atoms with Crippen LogP contribution in [-0.2, 0) is 0 Å². The Morgan fingerprint density at radius 2 is 2.00 bits per heavy atom. The molecule has 0 aromatic carbocycles. The van der Waals surface area contributed by atoms with Crippen molar-refractivity contribution in [1.82, 2.24) is 9.80 Å². The topological polar surface area (TPSA) is 32.5 Å². The van der Waals surface area contributed by atoms with Gasteiger partial charge < -0.3 is 5.73 Å². The van der Waals surface area contributed by atoms with Crippen LogP contribution in [0.1, 0.15) is 13.3 Å². The zero-order valence-electron chi connectivity index (χ0n) is 9.29. The van der Waals surface area contributed by atoms with Crippen molar-refractivity contribution >= 4 is 17.2 Å². The highest BCUT2D eigenvalue weighted by molar-refractivity contribution is 7.80. The van der Waals surface area contributed by atoms with Crippen molar-refractivity contribution in [2.24, 2.45) is 5.73 Å². The minimum absolute atomic E-state index is 0.215. The minimum atomic E-state index is -0.257. The van der Waals surface area contributed by atoms with Gasteiger partial charge in [0.1, 0.15) is 6.67 Å². The third-order valence-corrected chi connectivity index (χ3v) is 3.24. The van der Waals surface area contributed by atoms with Crippen LogP contribution in [0.5, 0.6) is 0 Å². The molecule has 88 valence electrons. The van der Waals surface area contributed by atoms with Gasteiger partial charge >= 0.3 is 0 Å². The van der Waals surface area contributed by atoms with E-state index in [1.807, 2.05) is 0 Å². The maximum Gasteiger partial charge on any atom is 0.102 e. The molecule has 1 rings (SSSR count). The molecule has 0 saturated carbocycles. The quantitative estimate of drug-likeness (QED) is 0.706. The van der Waals surface area contributed by atoms with E-state index in [4.69, 9.17) is 18.0 Å². The standard InChI is InChI=1S/C10H20FN3S/c1-2-9(10(12)15)14-7-5-13(4-3-11)6-8-14/h9H,2-8H2,1H3,(H2,12,15). The first-order valence-electron chi connectivity index (χ1n) is 5.50. The monoisotopic (exact) mass is 233 g/mol. The number of thiocarbonyl (C=S) groups is 1. The first kappa shape index (κ1) is 12.8. The van der Waals surface area contributed by atoms with Crippen LogP contribution in [0.25, 0.3) is 0 Å². The van der Waals surface area contributed by atoms with Crippen molar-refractivity contribution in [2.75, 3.05) is 39.4 Å². The smallest absolute Gasteiger partial charge is 0.102 e. The molecule has 0 aliphatic carbocycles. The molecule has 0 aromatic rings. The third kappa shape index (κ3) is 3.66. The molecule has 1 heterocycles. The Bertz CT molecular complexity index is 205. The lowest BCUT2D eigenvalue weighted by molar-refractivity contribution is 0.111. The van der Waals surface area contributed by atoms with Crippen molar-refractivity contribution in [3.8, 4) is 0 Å². The van der Waals surface area contributed by atoms with Crippen molar-refractivity contribution < 1.29 is 4.39 Å². The molecule has 15 heavy (non-hydrogen) atoms. The van der Waals surface area contributed by atoms with Crippen LogP contribution >= 0.6 is 12.2 Å². The fraction of sp³-hybridized carbons (Fsp3) is 0.900. The van der Waals surface area contributed by atoms with Crippen LogP contribution in [0.3, 0.4) is 0 Å². The lowest BCUT2D eigenvalue weighted by Crippen LogP contribution is -2.53. The predicted octanol–water partition coefficient (Wildman–Crippen LogP) is 0.638. The summed E-state index contributed by atoms with van der Waals surface area (Å²) in [5.41, 5.74) is 5.69. The molecule has 2 N–H and O–H groups in total. The molecular weight excluding hydrogens is 213 g/mol. The molecule has 1 fully saturated rings. The SMILES string of the molecule is CCC(C(N)=S)N1CCN(CCF)CC1. The Balaban J connectivity index is 2.38. The second-order valence-electron chi connectivity index (χ2n) is 3.89. The summed E-state index contributed by atoms with van der Waals surface area (Å²) < 4.78 is 12.1. The Labute approximate surface area is 96.4 Å². The lowest BCUT2D eigenvalue weighted by atomic mass is 10.1. The maximum absolute atomic E-state index is 12.1. The predicted molar refractivity (Wildman–Crippen MR) is 64.9 cm³/mol. The highest BCUT2D eigenvalue weighted by Gasteiger charge is 2.23. The van der Waals surface area contributed by atoms with Crippen LogP contribution in [0.4, 0.5) is 4.39 Å². The fourth-order valence-electron chi connectivity index (χ4n) is 2.06. The molecule has 0 aromatic heterocycles. The van der Waals surface area contributed by atoms with E-state index in [9.17, 15) is 4.39 Å². The zero-order valence-corrected chi connectivity index (χ0v) is 10.1. The summed E-state index contributed by atoms with van der Waals surface area (Å²) in [5.74, 6) is 0. The van der Waals surface area contributed by atoms with E-state index in [1.165, 1.54) is 0 Å². The van der Waals surface area contributed by atoms with Gasteiger partial charge in [0.25, 0.3) is 0 Å². The van der Waals surface area contributed by atoms with Gasteiger partial charge in [-0.2, -0.15) is 0 Å². The van der Waals surface area contributed by atoms with E-state index >= 15 is 0 Å². The van der Waals surface area contributed by atoms with Crippen molar-refractivity contribution in [3.63, 3.8) is 0 Å². The molecule has 5 heteroatoms. The summed E-state index contributed by atoms with van der Waals surface area (Å²) >= 11 is 5.04. The van der Waals surface area contributed by atoms with E-state index < -0.39 is 0 Å². The minimum Gasteiger partial charge on any atom is -0.392 e. The molecule has 0 radical (unpaired) electrons. The second-order valence-corrected chi connectivity index (χ2v) is 4.36. The Hall–Kier alpha value is -0.260. The number of nitrogens with two attached hydrogens (primary N) is 1. The normalized spacial score (nSPS) is 21.5. The van der Waals surface area contributed by atoms with Crippen LogP contribution < -0.4 is 5.73 Å². The van der Waals surface area contributed by atoms with E-state index in [0.29, 0.717) is 11.5 Å². The highest BCUT2D eigenvalue weighted by Crippen LogP contribution is 2.09. The molecule has 0 bridgehead atoms. The number of hydrogen-bond acceptors (Lipinski definition) is 3. The third-order valence-electron chi connectivity index (χ3n) is 2.96. The summed E-state index contributed by atoms with van der Waals surface area (Å²) in [4.78, 5) is 5.02. The van der Waals surface area contributed by atoms with Crippen LogP contribution in [0.2, 0.25) is 0 Å². The molecule has 0 spiro atoms. The molecule has 1 atom stereocenters. The number of alkyl halides is 1. The Kier molecular flexibility index (Phi) is 5.42. The first-order chi connectivity index (χ1) is 7.19. The molecule has 3 nitrogen and oxygen atoms in total. The number of nitrogens with zero attached hydrogens (tertiary/aromatic N) is 2. The van der Waals surface area contributed by atoms with Gasteiger partial charge in [-0.15, -0.1) is 0 Å². The second kappa shape index (κ2) is 6.35. The zero-order chi connectivity index (χ0) is 11.3. The van der Waals surface area contributed by atoms with Crippen molar-refractivity contribution in [1.29, 1.82) is 0 Å². The van der Waals surface area contributed by atoms with E-state index in [1.54, 1.807) is 0 Å². The lowest BCUT2D eigenvalue weighted by Gasteiger charge is -2.38. The van der Waals surface area contributed by atoms with E-state index in [0.717, 1.165) is 32.6 Å². The van der Waals surface area contributed by atoms with Gasteiger partial charge in [-0.25, -0.2) is 4.39 Å². The van der Waals surface area contributed by atoms with Crippen LogP contribution in [-0.4, -0.2) is 60.2 Å². The van der Waals surface area contributed by atoms with Gasteiger partial charge in [-0.3, -0.25) is 9.80 Å². The molecule has 1 aliphatic rings. The van der Waals surface area contributed by atoms with Gasteiger partial charge in [0.2, 0.25) is 0 Å². The van der Waals surface area contributed by atoms with Crippen LogP contribution in [0, 0.1) is 0 Å². The maximum atomic E-state index is 12.1. The van der Waals surface area contributed by atoms with Gasteiger partial charge in [0.15, 0.2) is 0 Å². The average Bonchev–Trinajstić information content (AvgIpc) is 2.21. The molecule has 1 unspecified atom stereocenters. The Morgan fingerprint density at radius 3 is 2.40 bits per heavy atom. The van der Waals surface area contributed by atoms with Crippen LogP contribution in [0.15, 0.2) is 0 Å². The highest BCUT2D eigenvalue weighted by atomic mass is 32.1. The fourth-order valence-corrected chi connectivity index (χ4v) is 2.37. The molecule has 1 saturated heterocycles. The van der Waals surface area contributed by atoms with E-state index in [-0.39, 0.29) is 12.7 Å². The summed E-state index contributed by atoms with van der Waals surface area (Å²) in [6, 6.07) is 0.215. The summed E-state index contributed by atoms with van der Waals surface area (Å²) in [6.45, 7) is 6.11. The number of piperazine rings is 1. The molecular formula is C10H20FN3S. The van der Waals surface area contributed by atoms with Gasteiger partial charge in [0, 0.05) is 32.7 Å². The van der Waals surface area contributed by atoms with Gasteiger partial charge in [-0.1, -0.05) is 19.1 Å². The number of rotatable bonds is 5. The van der Waals surface area contributed by atoms with E-state index in [2.05, 4.69) is 16.7 Å². The molecule has 0 amide bonds. The van der Waals surface area contributed by atoms with Gasteiger partial charge in [-0.05, 0) is 6.42 Å². The number of hydrogen-bond donors (Lipinski definition) is 1. The van der Waals surface area contributed by atoms with Crippen molar-refractivity contribution in [2.45, 2.75) is 19.4 Å². The first-order valence-corrected chi connectivity index (χ1v) is 5.91. The summed E-state index contributed by atoms with van der Waals surface area (Å²) in [7, 11) is 0. The summed E-state index contributed by atoms with van der Waals surface area (Å²) in [6.07, 6.45) is 0.957. The summed E-state index contributed by atoms with van der Waals surface area (Å²) in [5, 5.41) is 0. The van der Waals surface area contributed by atoms with Crippen molar-refractivity contribution in [3.05, 3.63) is 0 Å². The Morgan fingerprint density at radius 1 is 1.40 bits per heavy atom. The average molecular weight is 233 g/mol. The molecule has 1 aliphatic heterocycles. The number of halogens is 1.